The monoisotopic (exact) mass is 430 g/mol. The van der Waals surface area contributed by atoms with Crippen LogP contribution in [0.1, 0.15) is 19.4 Å². The van der Waals surface area contributed by atoms with E-state index in [9.17, 15) is 18.0 Å². The summed E-state index contributed by atoms with van der Waals surface area (Å²) < 4.78 is 40.1. The Balaban J connectivity index is 2.08. The first-order valence-electron chi connectivity index (χ1n) is 8.45. The van der Waals surface area contributed by atoms with Crippen LogP contribution in [0.5, 0.6) is 0 Å². The van der Waals surface area contributed by atoms with Crippen molar-refractivity contribution in [1.29, 1.82) is 0 Å². The Labute approximate surface area is 174 Å². The minimum atomic E-state index is -4.76. The number of alkyl halides is 3. The van der Waals surface area contributed by atoms with Crippen molar-refractivity contribution in [2.75, 3.05) is 9.80 Å². The third-order valence-electron chi connectivity index (χ3n) is 4.60. The van der Waals surface area contributed by atoms with Gasteiger partial charge in [0.25, 0.3) is 5.91 Å². The standard InChI is InChI=1S/C19H13F3N6OS/c1-18(2)16(29)27(13-8-9-15(24-3)14(10-13)19(20,21)22)17(30)28(18)12-6-4-11(5-7-12)25-26-23/h4-10H,1-2H3. The number of azide groups is 1. The van der Waals surface area contributed by atoms with E-state index in [1.165, 1.54) is 23.1 Å². The number of benzene rings is 2. The van der Waals surface area contributed by atoms with Crippen LogP contribution in [0.25, 0.3) is 15.3 Å². The van der Waals surface area contributed by atoms with Crippen LogP contribution in [0, 0.1) is 6.57 Å². The lowest BCUT2D eigenvalue weighted by Crippen LogP contribution is -2.44. The Morgan fingerprint density at radius 2 is 1.73 bits per heavy atom. The van der Waals surface area contributed by atoms with E-state index in [0.717, 1.165) is 17.0 Å². The summed E-state index contributed by atoms with van der Waals surface area (Å²) in [5.74, 6) is -0.518. The Morgan fingerprint density at radius 1 is 1.13 bits per heavy atom. The molecule has 0 radical (unpaired) electrons. The molecule has 1 aliphatic heterocycles. The van der Waals surface area contributed by atoms with Crippen LogP contribution in [0.4, 0.5) is 35.9 Å². The maximum Gasteiger partial charge on any atom is 0.407 e. The molecule has 11 heteroatoms. The van der Waals surface area contributed by atoms with Gasteiger partial charge in [0.2, 0.25) is 0 Å². The highest BCUT2D eigenvalue weighted by Gasteiger charge is 2.50. The molecule has 2 aromatic rings. The second-order valence-corrected chi connectivity index (χ2v) is 7.20. The predicted octanol–water partition coefficient (Wildman–Crippen LogP) is 6.11. The predicted molar refractivity (Wildman–Crippen MR) is 110 cm³/mol. The largest absolute Gasteiger partial charge is 0.407 e. The zero-order chi connectivity index (χ0) is 22.3. The van der Waals surface area contributed by atoms with Crippen molar-refractivity contribution < 1.29 is 18.0 Å². The molecule has 1 heterocycles. The van der Waals surface area contributed by atoms with Gasteiger partial charge in [0.1, 0.15) is 5.54 Å². The number of amides is 1. The molecule has 1 saturated heterocycles. The number of hydrogen-bond acceptors (Lipinski definition) is 3. The topological polar surface area (TPSA) is 76.7 Å². The molecule has 30 heavy (non-hydrogen) atoms. The first kappa shape index (κ1) is 21.1. The lowest BCUT2D eigenvalue weighted by molar-refractivity contribution is -0.136. The highest BCUT2D eigenvalue weighted by atomic mass is 32.1. The summed E-state index contributed by atoms with van der Waals surface area (Å²) in [4.78, 5) is 21.2. The van der Waals surface area contributed by atoms with Gasteiger partial charge in [-0.1, -0.05) is 23.3 Å². The normalized spacial score (nSPS) is 15.7. The molecule has 7 nitrogen and oxygen atoms in total. The summed E-state index contributed by atoms with van der Waals surface area (Å²) in [6, 6.07) is 9.29. The molecule has 0 atom stereocenters. The van der Waals surface area contributed by atoms with Crippen LogP contribution >= 0.6 is 12.2 Å². The molecular weight excluding hydrogens is 417 g/mol. The van der Waals surface area contributed by atoms with Gasteiger partial charge in [0.05, 0.1) is 12.1 Å². The van der Waals surface area contributed by atoms with Gasteiger partial charge in [-0.15, -0.1) is 0 Å². The second-order valence-electron chi connectivity index (χ2n) is 6.83. The summed E-state index contributed by atoms with van der Waals surface area (Å²) in [6.45, 7) is 10.2. The molecule has 152 valence electrons. The van der Waals surface area contributed by atoms with Crippen molar-refractivity contribution >= 4 is 46.0 Å². The quantitative estimate of drug-likeness (QED) is 0.194. The molecule has 1 fully saturated rings. The number of halogens is 3. The molecule has 0 aliphatic carbocycles. The molecule has 0 N–H and O–H groups in total. The van der Waals surface area contributed by atoms with Crippen molar-refractivity contribution in [3.63, 3.8) is 0 Å². The summed E-state index contributed by atoms with van der Waals surface area (Å²) >= 11 is 5.44. The Bertz CT molecular complexity index is 1130. The van der Waals surface area contributed by atoms with E-state index >= 15 is 0 Å². The zero-order valence-corrected chi connectivity index (χ0v) is 16.5. The van der Waals surface area contributed by atoms with Crippen LogP contribution in [-0.2, 0) is 11.0 Å². The van der Waals surface area contributed by atoms with Crippen LogP contribution < -0.4 is 9.80 Å². The molecular formula is C19H13F3N6OS. The molecule has 0 unspecified atom stereocenters. The molecule has 0 bridgehead atoms. The second kappa shape index (κ2) is 7.33. The Hall–Kier alpha value is -3.61. The van der Waals surface area contributed by atoms with E-state index in [1.54, 1.807) is 26.0 Å². The van der Waals surface area contributed by atoms with E-state index in [-0.39, 0.29) is 10.8 Å². The van der Waals surface area contributed by atoms with Gasteiger partial charge in [-0.3, -0.25) is 9.69 Å². The van der Waals surface area contributed by atoms with E-state index in [4.69, 9.17) is 24.3 Å². The summed E-state index contributed by atoms with van der Waals surface area (Å²) in [6.07, 6.45) is -4.76. The highest BCUT2D eigenvalue weighted by Crippen LogP contribution is 2.42. The van der Waals surface area contributed by atoms with Crippen LogP contribution in [0.3, 0.4) is 0 Å². The van der Waals surface area contributed by atoms with Crippen LogP contribution in [0.2, 0.25) is 0 Å². The maximum atomic E-state index is 13.4. The van der Waals surface area contributed by atoms with Gasteiger partial charge >= 0.3 is 6.18 Å². The van der Waals surface area contributed by atoms with Gasteiger partial charge < -0.3 is 4.90 Å². The molecule has 0 aromatic heterocycles. The van der Waals surface area contributed by atoms with Crippen molar-refractivity contribution in [2.45, 2.75) is 25.6 Å². The minimum Gasteiger partial charge on any atom is -0.304 e. The number of nitrogens with zero attached hydrogens (tertiary/aromatic N) is 6. The fourth-order valence-corrected chi connectivity index (χ4v) is 3.69. The lowest BCUT2D eigenvalue weighted by Gasteiger charge is -2.29. The molecule has 1 aliphatic rings. The number of rotatable bonds is 3. The third kappa shape index (κ3) is 3.43. The molecule has 0 saturated carbocycles. The van der Waals surface area contributed by atoms with Crippen LogP contribution in [-0.4, -0.2) is 16.6 Å². The number of thiocarbonyl (C=S) groups is 1. The maximum absolute atomic E-state index is 13.4. The zero-order valence-electron chi connectivity index (χ0n) is 15.7. The third-order valence-corrected chi connectivity index (χ3v) is 4.97. The summed E-state index contributed by atoms with van der Waals surface area (Å²) in [5, 5.41) is 3.47. The number of carbonyl (C=O) groups is 1. The number of hydrogen-bond donors (Lipinski definition) is 0. The Kier molecular flexibility index (Phi) is 5.16. The first-order chi connectivity index (χ1) is 14.0. The van der Waals surface area contributed by atoms with Crippen LogP contribution in [0.15, 0.2) is 47.6 Å². The fraction of sp³-hybridized carbons (Fsp3) is 0.211. The molecule has 2 aromatic carbocycles. The van der Waals surface area contributed by atoms with Crippen molar-refractivity contribution in [1.82, 2.24) is 0 Å². The fourth-order valence-electron chi connectivity index (χ4n) is 3.16. The summed E-state index contributed by atoms with van der Waals surface area (Å²) in [5.41, 5.74) is 6.42. The smallest absolute Gasteiger partial charge is 0.304 e. The summed E-state index contributed by atoms with van der Waals surface area (Å²) in [7, 11) is 0. The average Bonchev–Trinajstić information content (AvgIpc) is 2.86. The molecule has 0 spiro atoms. The van der Waals surface area contributed by atoms with Gasteiger partial charge in [-0.05, 0) is 55.9 Å². The van der Waals surface area contributed by atoms with E-state index < -0.39 is 28.9 Å². The van der Waals surface area contributed by atoms with Gasteiger partial charge in [0, 0.05) is 22.0 Å². The first-order valence-corrected chi connectivity index (χ1v) is 8.86. The van der Waals surface area contributed by atoms with E-state index in [0.29, 0.717) is 11.4 Å². The Morgan fingerprint density at radius 3 is 2.27 bits per heavy atom. The minimum absolute atomic E-state index is 0.00905. The van der Waals surface area contributed by atoms with Gasteiger partial charge in [0.15, 0.2) is 10.8 Å². The van der Waals surface area contributed by atoms with Crippen molar-refractivity contribution in [3.8, 4) is 0 Å². The molecule has 1 amide bonds. The van der Waals surface area contributed by atoms with E-state index in [1.807, 2.05) is 0 Å². The van der Waals surface area contributed by atoms with Gasteiger partial charge in [-0.2, -0.15) is 13.2 Å². The molecule has 3 rings (SSSR count). The number of anilines is 2. The van der Waals surface area contributed by atoms with Crippen molar-refractivity contribution in [2.24, 2.45) is 5.11 Å². The van der Waals surface area contributed by atoms with Crippen molar-refractivity contribution in [3.05, 3.63) is 69.9 Å². The van der Waals surface area contributed by atoms with E-state index in [2.05, 4.69) is 14.9 Å². The SMILES string of the molecule is [C-]#[N+]c1ccc(N2C(=O)C(C)(C)N(c3ccc(N=[N+]=[N-])cc3)C2=S)cc1C(F)(F)F. The number of carbonyl (C=O) groups excluding carboxylic acids is 1. The van der Waals surface area contributed by atoms with Gasteiger partial charge in [-0.25, -0.2) is 4.85 Å². The lowest BCUT2D eigenvalue weighted by atomic mass is 10.0. The highest BCUT2D eigenvalue weighted by molar-refractivity contribution is 7.81. The average molecular weight is 430 g/mol.